The highest BCUT2D eigenvalue weighted by molar-refractivity contribution is 7.99. The zero-order chi connectivity index (χ0) is 16.1. The van der Waals surface area contributed by atoms with E-state index < -0.39 is 0 Å². The Morgan fingerprint density at radius 2 is 1.87 bits per heavy atom. The van der Waals surface area contributed by atoms with Crippen molar-refractivity contribution in [3.63, 3.8) is 0 Å². The fourth-order valence-electron chi connectivity index (χ4n) is 1.97. The molecule has 3 aromatic rings. The number of aromatic nitrogens is 4. The normalized spacial score (nSPS) is 10.5. The van der Waals surface area contributed by atoms with E-state index in [4.69, 9.17) is 0 Å². The summed E-state index contributed by atoms with van der Waals surface area (Å²) in [6.07, 6.45) is 0. The Balaban J connectivity index is 1.64. The molecule has 2 aromatic carbocycles. The zero-order valence-corrected chi connectivity index (χ0v) is 13.3. The van der Waals surface area contributed by atoms with E-state index in [0.717, 1.165) is 11.4 Å². The van der Waals surface area contributed by atoms with Crippen LogP contribution in [0, 0.1) is 6.92 Å². The van der Waals surface area contributed by atoms with Crippen LogP contribution in [0.3, 0.4) is 0 Å². The Labute approximate surface area is 137 Å². The highest BCUT2D eigenvalue weighted by Crippen LogP contribution is 2.18. The lowest BCUT2D eigenvalue weighted by Gasteiger charge is -2.06. The summed E-state index contributed by atoms with van der Waals surface area (Å²) in [6.45, 7) is 2.02. The summed E-state index contributed by atoms with van der Waals surface area (Å²) in [6, 6.07) is 17.2. The van der Waals surface area contributed by atoms with E-state index in [1.54, 1.807) is 4.68 Å². The zero-order valence-electron chi connectivity index (χ0n) is 12.5. The van der Waals surface area contributed by atoms with Crippen LogP contribution in [-0.4, -0.2) is 31.9 Å². The van der Waals surface area contributed by atoms with Gasteiger partial charge in [-0.05, 0) is 41.6 Å². The Morgan fingerprint density at radius 1 is 1.13 bits per heavy atom. The molecule has 0 bridgehead atoms. The van der Waals surface area contributed by atoms with Gasteiger partial charge < -0.3 is 5.32 Å². The van der Waals surface area contributed by atoms with Gasteiger partial charge >= 0.3 is 0 Å². The number of tetrazole rings is 1. The molecule has 0 aliphatic rings. The molecule has 0 spiro atoms. The minimum absolute atomic E-state index is 0.0975. The monoisotopic (exact) mass is 325 g/mol. The summed E-state index contributed by atoms with van der Waals surface area (Å²) in [5, 5.41) is 15.1. The fraction of sp³-hybridized carbons (Fsp3) is 0.125. The van der Waals surface area contributed by atoms with Crippen LogP contribution < -0.4 is 5.32 Å². The summed E-state index contributed by atoms with van der Waals surface area (Å²) in [4.78, 5) is 12.0. The average Bonchev–Trinajstić information content (AvgIpc) is 3.03. The molecule has 0 saturated carbocycles. The molecule has 0 fully saturated rings. The van der Waals surface area contributed by atoms with Crippen molar-refractivity contribution in [1.29, 1.82) is 0 Å². The summed E-state index contributed by atoms with van der Waals surface area (Å²) in [5.41, 5.74) is 2.81. The van der Waals surface area contributed by atoms with E-state index in [1.807, 2.05) is 61.5 Å². The average molecular weight is 325 g/mol. The third kappa shape index (κ3) is 3.95. The van der Waals surface area contributed by atoms with Crippen LogP contribution in [0.4, 0.5) is 5.69 Å². The molecule has 1 N–H and O–H groups in total. The predicted molar refractivity (Wildman–Crippen MR) is 89.7 cm³/mol. The summed E-state index contributed by atoms with van der Waals surface area (Å²) >= 11 is 1.29. The van der Waals surface area contributed by atoms with Gasteiger partial charge in [0.25, 0.3) is 0 Å². The second-order valence-electron chi connectivity index (χ2n) is 4.91. The van der Waals surface area contributed by atoms with E-state index in [9.17, 15) is 4.79 Å². The summed E-state index contributed by atoms with van der Waals surface area (Å²) in [5.74, 6) is 0.140. The maximum absolute atomic E-state index is 12.0. The molecule has 1 heterocycles. The van der Waals surface area contributed by atoms with Gasteiger partial charge in [0, 0.05) is 5.69 Å². The molecule has 0 atom stereocenters. The number of hydrogen-bond donors (Lipinski definition) is 1. The number of rotatable bonds is 5. The standard InChI is InChI=1S/C16H15N5OS/c1-12-7-9-14(10-8-12)21-16(18-19-20-21)23-11-15(22)17-13-5-3-2-4-6-13/h2-10H,11H2,1H3,(H,17,22). The highest BCUT2D eigenvalue weighted by atomic mass is 32.2. The number of amides is 1. The molecule has 116 valence electrons. The number of benzene rings is 2. The van der Waals surface area contributed by atoms with Crippen molar-refractivity contribution in [2.24, 2.45) is 0 Å². The van der Waals surface area contributed by atoms with Crippen molar-refractivity contribution in [3.8, 4) is 5.69 Å². The topological polar surface area (TPSA) is 72.7 Å². The quantitative estimate of drug-likeness (QED) is 0.730. The van der Waals surface area contributed by atoms with Gasteiger partial charge in [0.15, 0.2) is 0 Å². The number of anilines is 1. The first-order valence-electron chi connectivity index (χ1n) is 7.05. The van der Waals surface area contributed by atoms with Crippen molar-refractivity contribution >= 4 is 23.4 Å². The van der Waals surface area contributed by atoms with E-state index in [-0.39, 0.29) is 11.7 Å². The first-order chi connectivity index (χ1) is 11.2. The first kappa shape index (κ1) is 15.2. The van der Waals surface area contributed by atoms with E-state index in [2.05, 4.69) is 20.8 Å². The largest absolute Gasteiger partial charge is 0.325 e. The number of carbonyl (C=O) groups is 1. The molecule has 1 amide bonds. The Bertz CT molecular complexity index is 786. The SMILES string of the molecule is Cc1ccc(-n2nnnc2SCC(=O)Nc2ccccc2)cc1. The fourth-order valence-corrected chi connectivity index (χ4v) is 2.66. The van der Waals surface area contributed by atoms with Gasteiger partial charge in [0.05, 0.1) is 11.4 Å². The number of nitrogens with zero attached hydrogens (tertiary/aromatic N) is 4. The lowest BCUT2D eigenvalue weighted by atomic mass is 10.2. The maximum atomic E-state index is 12.0. The summed E-state index contributed by atoms with van der Waals surface area (Å²) < 4.78 is 1.62. The number of carbonyl (C=O) groups excluding carboxylic acids is 1. The van der Waals surface area contributed by atoms with Crippen LogP contribution in [0.1, 0.15) is 5.56 Å². The highest BCUT2D eigenvalue weighted by Gasteiger charge is 2.11. The van der Waals surface area contributed by atoms with Crippen LogP contribution >= 0.6 is 11.8 Å². The third-order valence-corrected chi connectivity index (χ3v) is 4.03. The number of nitrogens with one attached hydrogen (secondary N) is 1. The Kier molecular flexibility index (Phi) is 4.68. The molecule has 0 unspecified atom stereocenters. The van der Waals surface area contributed by atoms with Gasteiger partial charge in [0.2, 0.25) is 11.1 Å². The molecule has 6 nitrogen and oxygen atoms in total. The molecule has 23 heavy (non-hydrogen) atoms. The van der Waals surface area contributed by atoms with E-state index >= 15 is 0 Å². The van der Waals surface area contributed by atoms with Crippen LogP contribution in [-0.2, 0) is 4.79 Å². The van der Waals surface area contributed by atoms with Crippen molar-refractivity contribution < 1.29 is 4.79 Å². The van der Waals surface area contributed by atoms with Gasteiger partial charge in [0.1, 0.15) is 0 Å². The van der Waals surface area contributed by atoms with Gasteiger partial charge in [-0.2, -0.15) is 4.68 Å². The Morgan fingerprint density at radius 3 is 2.61 bits per heavy atom. The third-order valence-electron chi connectivity index (χ3n) is 3.11. The van der Waals surface area contributed by atoms with Gasteiger partial charge in [-0.3, -0.25) is 4.79 Å². The second-order valence-corrected chi connectivity index (χ2v) is 5.85. The second kappa shape index (κ2) is 7.06. The molecule has 0 radical (unpaired) electrons. The van der Waals surface area contributed by atoms with Gasteiger partial charge in [-0.25, -0.2) is 0 Å². The molecule has 7 heteroatoms. The number of aryl methyl sites for hydroxylation is 1. The van der Waals surface area contributed by atoms with Crippen molar-refractivity contribution in [1.82, 2.24) is 20.2 Å². The van der Waals surface area contributed by atoms with Crippen molar-refractivity contribution in [2.75, 3.05) is 11.1 Å². The molecule has 3 rings (SSSR count). The minimum atomic E-state index is -0.0975. The maximum Gasteiger partial charge on any atom is 0.234 e. The van der Waals surface area contributed by atoms with Crippen LogP contribution in [0.5, 0.6) is 0 Å². The molecule has 0 aliphatic heterocycles. The van der Waals surface area contributed by atoms with Crippen LogP contribution in [0.25, 0.3) is 5.69 Å². The van der Waals surface area contributed by atoms with Crippen LogP contribution in [0.15, 0.2) is 59.8 Å². The minimum Gasteiger partial charge on any atom is -0.325 e. The number of thioether (sulfide) groups is 1. The molecule has 1 aromatic heterocycles. The Hall–Kier alpha value is -2.67. The van der Waals surface area contributed by atoms with Crippen molar-refractivity contribution in [2.45, 2.75) is 12.1 Å². The van der Waals surface area contributed by atoms with Gasteiger partial charge in [-0.1, -0.05) is 47.7 Å². The molecular formula is C16H15N5OS. The lowest BCUT2D eigenvalue weighted by molar-refractivity contribution is -0.113. The molecule has 0 saturated heterocycles. The van der Waals surface area contributed by atoms with Crippen LogP contribution in [0.2, 0.25) is 0 Å². The first-order valence-corrected chi connectivity index (χ1v) is 8.04. The molecule has 0 aliphatic carbocycles. The lowest BCUT2D eigenvalue weighted by Crippen LogP contribution is -2.14. The predicted octanol–water partition coefficient (Wildman–Crippen LogP) is 2.70. The van der Waals surface area contributed by atoms with Crippen molar-refractivity contribution in [3.05, 3.63) is 60.2 Å². The molecular weight excluding hydrogens is 310 g/mol. The van der Waals surface area contributed by atoms with E-state index in [0.29, 0.717) is 5.16 Å². The van der Waals surface area contributed by atoms with E-state index in [1.165, 1.54) is 17.3 Å². The smallest absolute Gasteiger partial charge is 0.234 e. The summed E-state index contributed by atoms with van der Waals surface area (Å²) in [7, 11) is 0. The number of hydrogen-bond acceptors (Lipinski definition) is 5. The van der Waals surface area contributed by atoms with Gasteiger partial charge in [-0.15, -0.1) is 5.10 Å². The number of para-hydroxylation sites is 1.